The summed E-state index contributed by atoms with van der Waals surface area (Å²) in [5, 5.41) is 3.81. The smallest absolute Gasteiger partial charge is 0.230 e. The van der Waals surface area contributed by atoms with Crippen LogP contribution in [-0.4, -0.2) is 52.9 Å². The number of hydrogen-bond acceptors (Lipinski definition) is 4. The highest BCUT2D eigenvalue weighted by molar-refractivity contribution is 5.80. The van der Waals surface area contributed by atoms with Gasteiger partial charge in [-0.15, -0.1) is 0 Å². The van der Waals surface area contributed by atoms with Gasteiger partial charge >= 0.3 is 0 Å². The number of rotatable bonds is 3. The van der Waals surface area contributed by atoms with Crippen molar-refractivity contribution >= 4 is 11.8 Å². The van der Waals surface area contributed by atoms with Gasteiger partial charge in [-0.2, -0.15) is 0 Å². The van der Waals surface area contributed by atoms with Crippen LogP contribution >= 0.6 is 0 Å². The van der Waals surface area contributed by atoms with Crippen LogP contribution < -0.4 is 0 Å². The van der Waals surface area contributed by atoms with Crippen LogP contribution in [0.15, 0.2) is 10.6 Å². The first-order chi connectivity index (χ1) is 10.5. The average Bonchev–Trinajstić information content (AvgIpc) is 3.03. The molecule has 0 radical (unpaired) electrons. The van der Waals surface area contributed by atoms with E-state index < -0.39 is 0 Å². The van der Waals surface area contributed by atoms with Gasteiger partial charge in [-0.3, -0.25) is 9.59 Å². The van der Waals surface area contributed by atoms with E-state index in [0.29, 0.717) is 12.2 Å². The number of nitrogens with zero attached hydrogens (tertiary/aromatic N) is 3. The Balaban J connectivity index is 1.55. The quantitative estimate of drug-likeness (QED) is 0.846. The van der Waals surface area contributed by atoms with Crippen LogP contribution in [0.1, 0.15) is 37.6 Å². The number of aryl methyl sites for hydroxylation is 1. The van der Waals surface area contributed by atoms with Gasteiger partial charge in [-0.05, 0) is 26.7 Å². The zero-order valence-corrected chi connectivity index (χ0v) is 13.3. The number of amides is 2. The summed E-state index contributed by atoms with van der Waals surface area (Å²) in [7, 11) is 0. The lowest BCUT2D eigenvalue weighted by atomic mass is 9.77. The lowest BCUT2D eigenvalue weighted by Crippen LogP contribution is -2.44. The van der Waals surface area contributed by atoms with Crippen molar-refractivity contribution in [2.24, 2.45) is 5.41 Å². The SMILES string of the molecule is CCN1CC2(CCN(C(=O)Cc3cc(C)no3)CC2)CC1=O. The maximum atomic E-state index is 12.3. The zero-order chi connectivity index (χ0) is 15.7. The third kappa shape index (κ3) is 2.87. The molecule has 6 nitrogen and oxygen atoms in total. The molecule has 6 heteroatoms. The van der Waals surface area contributed by atoms with E-state index in [9.17, 15) is 9.59 Å². The van der Waals surface area contributed by atoms with Gasteiger partial charge in [-0.1, -0.05) is 5.16 Å². The van der Waals surface area contributed by atoms with Crippen molar-refractivity contribution in [2.75, 3.05) is 26.2 Å². The number of aromatic nitrogens is 1. The summed E-state index contributed by atoms with van der Waals surface area (Å²) in [6, 6.07) is 1.80. The third-order valence-corrected chi connectivity index (χ3v) is 4.97. The van der Waals surface area contributed by atoms with Gasteiger partial charge in [0.05, 0.1) is 12.1 Å². The molecule has 2 saturated heterocycles. The largest absolute Gasteiger partial charge is 0.361 e. The van der Waals surface area contributed by atoms with Crippen LogP contribution in [0.5, 0.6) is 0 Å². The van der Waals surface area contributed by atoms with Crippen molar-refractivity contribution in [3.8, 4) is 0 Å². The molecule has 22 heavy (non-hydrogen) atoms. The number of piperidine rings is 1. The van der Waals surface area contributed by atoms with Crippen molar-refractivity contribution in [3.63, 3.8) is 0 Å². The van der Waals surface area contributed by atoms with Gasteiger partial charge in [-0.25, -0.2) is 0 Å². The number of carbonyl (C=O) groups excluding carboxylic acids is 2. The molecule has 2 fully saturated rings. The van der Waals surface area contributed by atoms with E-state index >= 15 is 0 Å². The van der Waals surface area contributed by atoms with Crippen LogP contribution in [0, 0.1) is 12.3 Å². The third-order valence-electron chi connectivity index (χ3n) is 4.97. The Labute approximate surface area is 130 Å². The van der Waals surface area contributed by atoms with Crippen LogP contribution in [0.25, 0.3) is 0 Å². The molecule has 2 aliphatic heterocycles. The minimum atomic E-state index is 0.0858. The molecule has 2 aliphatic rings. The Morgan fingerprint density at radius 1 is 1.41 bits per heavy atom. The van der Waals surface area contributed by atoms with Gasteiger partial charge in [0.25, 0.3) is 0 Å². The molecule has 0 unspecified atom stereocenters. The van der Waals surface area contributed by atoms with Gasteiger partial charge in [0.15, 0.2) is 0 Å². The second-order valence-electron chi connectivity index (χ2n) is 6.58. The summed E-state index contributed by atoms with van der Waals surface area (Å²) in [5.41, 5.74) is 0.886. The molecule has 0 atom stereocenters. The lowest BCUT2D eigenvalue weighted by molar-refractivity contribution is -0.133. The molecule has 1 aromatic heterocycles. The molecule has 120 valence electrons. The molecule has 1 aromatic rings. The summed E-state index contributed by atoms with van der Waals surface area (Å²) in [5.74, 6) is 0.970. The Hall–Kier alpha value is -1.85. The fourth-order valence-electron chi connectivity index (χ4n) is 3.60. The first-order valence-electron chi connectivity index (χ1n) is 7.99. The predicted molar refractivity (Wildman–Crippen MR) is 80.1 cm³/mol. The Kier molecular flexibility index (Phi) is 3.93. The maximum Gasteiger partial charge on any atom is 0.230 e. The molecule has 0 aliphatic carbocycles. The van der Waals surface area contributed by atoms with Crippen LogP contribution in [0.2, 0.25) is 0 Å². The molecule has 0 N–H and O–H groups in total. The Morgan fingerprint density at radius 2 is 2.14 bits per heavy atom. The minimum Gasteiger partial charge on any atom is -0.361 e. The Bertz CT molecular complexity index is 573. The van der Waals surface area contributed by atoms with Crippen molar-refractivity contribution < 1.29 is 14.1 Å². The monoisotopic (exact) mass is 305 g/mol. The average molecular weight is 305 g/mol. The standard InChI is InChI=1S/C16H23N3O3/c1-3-18-11-16(10-15(18)21)4-6-19(7-5-16)14(20)9-13-8-12(2)17-22-13/h8H,3-7,9-11H2,1-2H3. The van der Waals surface area contributed by atoms with E-state index in [1.54, 1.807) is 6.07 Å². The van der Waals surface area contributed by atoms with E-state index in [0.717, 1.165) is 44.7 Å². The molecule has 3 rings (SSSR count). The van der Waals surface area contributed by atoms with Crippen LogP contribution in [0.3, 0.4) is 0 Å². The summed E-state index contributed by atoms with van der Waals surface area (Å²) in [6.45, 7) is 6.97. The molecule has 3 heterocycles. The molecule has 0 saturated carbocycles. The van der Waals surface area contributed by atoms with E-state index in [1.807, 2.05) is 23.6 Å². The van der Waals surface area contributed by atoms with Gasteiger partial charge in [0.1, 0.15) is 5.76 Å². The summed E-state index contributed by atoms with van der Waals surface area (Å²) in [6.07, 6.45) is 2.74. The summed E-state index contributed by atoms with van der Waals surface area (Å²) >= 11 is 0. The van der Waals surface area contributed by atoms with E-state index in [2.05, 4.69) is 5.16 Å². The van der Waals surface area contributed by atoms with Gasteiger partial charge < -0.3 is 14.3 Å². The molecule has 0 bridgehead atoms. The van der Waals surface area contributed by atoms with E-state index in [4.69, 9.17) is 4.52 Å². The fraction of sp³-hybridized carbons (Fsp3) is 0.688. The number of hydrogen-bond donors (Lipinski definition) is 0. The summed E-state index contributed by atoms with van der Waals surface area (Å²) < 4.78 is 5.11. The van der Waals surface area contributed by atoms with Gasteiger partial charge in [0.2, 0.25) is 11.8 Å². The summed E-state index contributed by atoms with van der Waals surface area (Å²) in [4.78, 5) is 28.1. The highest BCUT2D eigenvalue weighted by atomic mass is 16.5. The highest BCUT2D eigenvalue weighted by Crippen LogP contribution is 2.40. The van der Waals surface area contributed by atoms with E-state index in [-0.39, 0.29) is 23.7 Å². The lowest BCUT2D eigenvalue weighted by Gasteiger charge is -2.38. The fourth-order valence-corrected chi connectivity index (χ4v) is 3.60. The molecule has 0 aromatic carbocycles. The number of carbonyl (C=O) groups is 2. The second-order valence-corrected chi connectivity index (χ2v) is 6.58. The van der Waals surface area contributed by atoms with Crippen LogP contribution in [-0.2, 0) is 16.0 Å². The highest BCUT2D eigenvalue weighted by Gasteiger charge is 2.44. The van der Waals surface area contributed by atoms with Crippen molar-refractivity contribution in [1.82, 2.24) is 15.0 Å². The molecule has 2 amide bonds. The molecular formula is C16H23N3O3. The van der Waals surface area contributed by atoms with Gasteiger partial charge in [0, 0.05) is 44.1 Å². The van der Waals surface area contributed by atoms with Crippen molar-refractivity contribution in [2.45, 2.75) is 39.5 Å². The number of likely N-dealkylation sites (tertiary alicyclic amines) is 2. The maximum absolute atomic E-state index is 12.3. The zero-order valence-electron chi connectivity index (χ0n) is 13.3. The first kappa shape index (κ1) is 15.1. The van der Waals surface area contributed by atoms with E-state index in [1.165, 1.54) is 0 Å². The van der Waals surface area contributed by atoms with Crippen molar-refractivity contribution in [3.05, 3.63) is 17.5 Å². The second kappa shape index (κ2) is 5.74. The normalized spacial score (nSPS) is 20.9. The predicted octanol–water partition coefficient (Wildman–Crippen LogP) is 1.39. The first-order valence-corrected chi connectivity index (χ1v) is 7.99. The topological polar surface area (TPSA) is 66.7 Å². The molecule has 1 spiro atoms. The Morgan fingerprint density at radius 3 is 2.68 bits per heavy atom. The van der Waals surface area contributed by atoms with Crippen molar-refractivity contribution in [1.29, 1.82) is 0 Å². The minimum absolute atomic E-state index is 0.0858. The van der Waals surface area contributed by atoms with Crippen LogP contribution in [0.4, 0.5) is 0 Å². The molecular weight excluding hydrogens is 282 g/mol.